The van der Waals surface area contributed by atoms with Crippen LogP contribution in [0.4, 0.5) is 8.78 Å². The molecule has 2 rings (SSSR count). The first kappa shape index (κ1) is 14.1. The Morgan fingerprint density at radius 1 is 1.20 bits per heavy atom. The molecule has 3 nitrogen and oxygen atoms in total. The number of rotatable bonds is 3. The van der Waals surface area contributed by atoms with Crippen molar-refractivity contribution in [2.75, 3.05) is 7.11 Å². The third-order valence-electron chi connectivity index (χ3n) is 2.91. The highest BCUT2D eigenvalue weighted by Gasteiger charge is 2.19. The Morgan fingerprint density at radius 3 is 2.60 bits per heavy atom. The van der Waals surface area contributed by atoms with Gasteiger partial charge in [-0.3, -0.25) is 0 Å². The Morgan fingerprint density at radius 2 is 1.95 bits per heavy atom. The maximum absolute atomic E-state index is 14.0. The second-order valence-corrected chi connectivity index (χ2v) is 4.14. The van der Waals surface area contributed by atoms with Crippen molar-refractivity contribution in [1.82, 2.24) is 0 Å². The van der Waals surface area contributed by atoms with Gasteiger partial charge in [0.05, 0.1) is 19.3 Å². The van der Waals surface area contributed by atoms with Gasteiger partial charge in [0, 0.05) is 5.56 Å². The van der Waals surface area contributed by atoms with E-state index in [0.29, 0.717) is 11.1 Å². The smallest absolute Gasteiger partial charge is 0.340 e. The van der Waals surface area contributed by atoms with Crippen molar-refractivity contribution in [2.24, 2.45) is 0 Å². The van der Waals surface area contributed by atoms with E-state index in [2.05, 4.69) is 4.74 Å². The number of carbonyl (C=O) groups is 1. The number of hydrogen-bond acceptors (Lipinski definition) is 3. The molecular formula is C15H12F2O3. The lowest BCUT2D eigenvalue weighted by Gasteiger charge is -2.08. The molecule has 0 bridgehead atoms. The predicted molar refractivity (Wildman–Crippen MR) is 69.1 cm³/mol. The number of aliphatic hydroxyl groups is 1. The van der Waals surface area contributed by atoms with Crippen LogP contribution >= 0.6 is 0 Å². The summed E-state index contributed by atoms with van der Waals surface area (Å²) in [4.78, 5) is 11.3. The molecule has 0 unspecified atom stereocenters. The molecule has 0 aromatic heterocycles. The van der Waals surface area contributed by atoms with Crippen molar-refractivity contribution in [2.45, 2.75) is 6.61 Å². The first-order valence-electron chi connectivity index (χ1n) is 5.85. The van der Waals surface area contributed by atoms with Gasteiger partial charge in [-0.1, -0.05) is 24.3 Å². The summed E-state index contributed by atoms with van der Waals surface area (Å²) in [5.74, 6) is -3.30. The molecule has 0 atom stereocenters. The molecule has 0 radical (unpaired) electrons. The van der Waals surface area contributed by atoms with Gasteiger partial charge >= 0.3 is 5.97 Å². The molecule has 0 saturated heterocycles. The predicted octanol–water partition coefficient (Wildman–Crippen LogP) is 2.91. The highest BCUT2D eigenvalue weighted by Crippen LogP contribution is 2.27. The van der Waals surface area contributed by atoms with Crippen LogP contribution in [-0.2, 0) is 11.3 Å². The van der Waals surface area contributed by atoms with Gasteiger partial charge in [0.25, 0.3) is 0 Å². The maximum atomic E-state index is 14.0. The quantitative estimate of drug-likeness (QED) is 0.878. The molecule has 0 fully saturated rings. The van der Waals surface area contributed by atoms with Crippen molar-refractivity contribution in [3.05, 3.63) is 59.2 Å². The van der Waals surface area contributed by atoms with Crippen LogP contribution in [-0.4, -0.2) is 18.2 Å². The number of benzene rings is 2. The van der Waals surface area contributed by atoms with E-state index in [-0.39, 0.29) is 12.2 Å². The Balaban J connectivity index is 2.53. The Bertz CT molecular complexity index is 654. The van der Waals surface area contributed by atoms with Crippen molar-refractivity contribution in [3.63, 3.8) is 0 Å². The van der Waals surface area contributed by atoms with Crippen LogP contribution in [0.1, 0.15) is 15.9 Å². The number of carbonyl (C=O) groups excluding carboxylic acids is 1. The van der Waals surface area contributed by atoms with E-state index in [4.69, 9.17) is 5.11 Å². The molecule has 0 saturated carbocycles. The molecule has 0 heterocycles. The van der Waals surface area contributed by atoms with E-state index in [9.17, 15) is 13.6 Å². The van der Waals surface area contributed by atoms with Gasteiger partial charge in [-0.05, 0) is 23.3 Å². The molecule has 1 N–H and O–H groups in total. The first-order chi connectivity index (χ1) is 9.58. The zero-order chi connectivity index (χ0) is 14.7. The second kappa shape index (κ2) is 5.79. The first-order valence-corrected chi connectivity index (χ1v) is 5.85. The number of methoxy groups -OCH3 is 1. The molecule has 5 heteroatoms. The van der Waals surface area contributed by atoms with Crippen LogP contribution in [0.3, 0.4) is 0 Å². The molecule has 104 valence electrons. The van der Waals surface area contributed by atoms with Gasteiger partial charge in [0.1, 0.15) is 0 Å². The molecule has 0 spiro atoms. The van der Waals surface area contributed by atoms with E-state index in [1.54, 1.807) is 24.3 Å². The fourth-order valence-corrected chi connectivity index (χ4v) is 1.88. The van der Waals surface area contributed by atoms with E-state index < -0.39 is 23.2 Å². The summed E-state index contributed by atoms with van der Waals surface area (Å²) in [6, 6.07) is 8.92. The summed E-state index contributed by atoms with van der Waals surface area (Å²) in [6.07, 6.45) is 0. The van der Waals surface area contributed by atoms with Gasteiger partial charge in [0.15, 0.2) is 11.6 Å². The number of hydrogen-bond donors (Lipinski definition) is 1. The topological polar surface area (TPSA) is 46.5 Å². The maximum Gasteiger partial charge on any atom is 0.340 e. The fraction of sp³-hybridized carbons (Fsp3) is 0.133. The largest absolute Gasteiger partial charge is 0.465 e. The van der Waals surface area contributed by atoms with E-state index in [1.807, 2.05) is 0 Å². The van der Waals surface area contributed by atoms with Crippen LogP contribution in [0.25, 0.3) is 11.1 Å². The van der Waals surface area contributed by atoms with Crippen LogP contribution in [0.5, 0.6) is 0 Å². The molecule has 20 heavy (non-hydrogen) atoms. The average molecular weight is 278 g/mol. The normalized spacial score (nSPS) is 10.4. The van der Waals surface area contributed by atoms with E-state index in [0.717, 1.165) is 7.11 Å². The van der Waals surface area contributed by atoms with Gasteiger partial charge in [0.2, 0.25) is 0 Å². The second-order valence-electron chi connectivity index (χ2n) is 4.14. The summed E-state index contributed by atoms with van der Waals surface area (Å²) in [7, 11) is 1.10. The van der Waals surface area contributed by atoms with Crippen molar-refractivity contribution < 1.29 is 23.4 Å². The van der Waals surface area contributed by atoms with Gasteiger partial charge in [-0.2, -0.15) is 0 Å². The SMILES string of the molecule is COC(=O)c1ccc(-c2cccc(CO)c2)c(F)c1F. The summed E-state index contributed by atoms with van der Waals surface area (Å²) >= 11 is 0. The number of halogens is 2. The monoisotopic (exact) mass is 278 g/mol. The Labute approximate surface area is 114 Å². The average Bonchev–Trinajstić information content (AvgIpc) is 2.49. The molecule has 2 aromatic rings. The van der Waals surface area contributed by atoms with Crippen molar-refractivity contribution >= 4 is 5.97 Å². The van der Waals surface area contributed by atoms with Crippen LogP contribution in [0, 0.1) is 11.6 Å². The van der Waals surface area contributed by atoms with Crippen molar-refractivity contribution in [1.29, 1.82) is 0 Å². The van der Waals surface area contributed by atoms with Gasteiger partial charge in [-0.15, -0.1) is 0 Å². The number of ether oxygens (including phenoxy) is 1. The van der Waals surface area contributed by atoms with Gasteiger partial charge < -0.3 is 9.84 Å². The highest BCUT2D eigenvalue weighted by atomic mass is 19.2. The molecule has 2 aromatic carbocycles. The lowest BCUT2D eigenvalue weighted by molar-refractivity contribution is 0.0594. The molecule has 0 aliphatic heterocycles. The molecule has 0 aliphatic rings. The summed E-state index contributed by atoms with van der Waals surface area (Å²) in [5.41, 5.74) is 0.571. The highest BCUT2D eigenvalue weighted by molar-refractivity contribution is 5.90. The zero-order valence-corrected chi connectivity index (χ0v) is 10.7. The minimum atomic E-state index is -1.25. The lowest BCUT2D eigenvalue weighted by Crippen LogP contribution is -2.06. The molecular weight excluding hydrogens is 266 g/mol. The fourth-order valence-electron chi connectivity index (χ4n) is 1.88. The molecule has 0 amide bonds. The molecule has 0 aliphatic carbocycles. The lowest BCUT2D eigenvalue weighted by atomic mass is 10.0. The van der Waals surface area contributed by atoms with E-state index in [1.165, 1.54) is 12.1 Å². The number of esters is 1. The Kier molecular flexibility index (Phi) is 4.10. The Hall–Kier alpha value is -2.27. The minimum Gasteiger partial charge on any atom is -0.465 e. The van der Waals surface area contributed by atoms with Gasteiger partial charge in [-0.25, -0.2) is 13.6 Å². The zero-order valence-electron chi connectivity index (χ0n) is 10.7. The summed E-state index contributed by atoms with van der Waals surface area (Å²) in [6.45, 7) is -0.196. The summed E-state index contributed by atoms with van der Waals surface area (Å²) < 4.78 is 32.3. The van der Waals surface area contributed by atoms with Crippen LogP contribution in [0.15, 0.2) is 36.4 Å². The van der Waals surface area contributed by atoms with E-state index >= 15 is 0 Å². The minimum absolute atomic E-state index is 0.0189. The van der Waals surface area contributed by atoms with Crippen molar-refractivity contribution in [3.8, 4) is 11.1 Å². The third kappa shape index (κ3) is 2.53. The van der Waals surface area contributed by atoms with Crippen LogP contribution < -0.4 is 0 Å². The number of aliphatic hydroxyl groups excluding tert-OH is 1. The van der Waals surface area contributed by atoms with Crippen LogP contribution in [0.2, 0.25) is 0 Å². The summed E-state index contributed by atoms with van der Waals surface area (Å²) in [5, 5.41) is 9.05. The standard InChI is InChI=1S/C15H12F2O3/c1-20-15(19)12-6-5-11(13(16)14(12)17)10-4-2-3-9(7-10)8-18/h2-7,18H,8H2,1H3. The third-order valence-corrected chi connectivity index (χ3v) is 2.91.